The summed E-state index contributed by atoms with van der Waals surface area (Å²) < 4.78 is 0.718. The Kier molecular flexibility index (Phi) is 5.10. The summed E-state index contributed by atoms with van der Waals surface area (Å²) in [6, 6.07) is 7.19. The van der Waals surface area contributed by atoms with Gasteiger partial charge in [-0.3, -0.25) is 9.59 Å². The summed E-state index contributed by atoms with van der Waals surface area (Å²) in [5, 5.41) is 7.46. The standard InChI is InChI=1S/C21H26BrN3O2/c1-13(24-25-20(27)17-4-2-3-5-18(17)22)6-19(26)23-21-10-14-7-15(11-21)9-16(8-14)12-21/h2-5,14-16H,6-12H2,1H3,(H,23,26)(H,25,27)/b24-13-. The fourth-order valence-electron chi connectivity index (χ4n) is 5.73. The lowest BCUT2D eigenvalue weighted by Crippen LogP contribution is -2.60. The lowest BCUT2D eigenvalue weighted by atomic mass is 9.53. The SMILES string of the molecule is C/C(CC(=O)NC12CC3CC(CC(C3)C1)C2)=N/NC(=O)c1ccccc1Br. The number of hydrogen-bond acceptors (Lipinski definition) is 3. The lowest BCUT2D eigenvalue weighted by Gasteiger charge is -2.56. The van der Waals surface area contributed by atoms with Gasteiger partial charge in [-0.15, -0.1) is 0 Å². The highest BCUT2D eigenvalue weighted by Gasteiger charge is 2.51. The molecule has 0 atom stereocenters. The van der Waals surface area contributed by atoms with Crippen LogP contribution in [-0.4, -0.2) is 23.1 Å². The van der Waals surface area contributed by atoms with Crippen LogP contribution in [0.25, 0.3) is 0 Å². The molecule has 4 aliphatic rings. The molecule has 1 aromatic rings. The highest BCUT2D eigenvalue weighted by Crippen LogP contribution is 2.55. The van der Waals surface area contributed by atoms with Crippen LogP contribution in [0.3, 0.4) is 0 Å². The van der Waals surface area contributed by atoms with Crippen LogP contribution in [0.15, 0.2) is 33.8 Å². The molecule has 5 nitrogen and oxygen atoms in total. The topological polar surface area (TPSA) is 70.6 Å². The largest absolute Gasteiger partial charge is 0.350 e. The van der Waals surface area contributed by atoms with Gasteiger partial charge < -0.3 is 5.32 Å². The minimum absolute atomic E-state index is 0.0181. The van der Waals surface area contributed by atoms with Gasteiger partial charge in [0, 0.05) is 15.7 Å². The summed E-state index contributed by atoms with van der Waals surface area (Å²) in [7, 11) is 0. The van der Waals surface area contributed by atoms with E-state index in [1.165, 1.54) is 19.3 Å². The number of benzene rings is 1. The van der Waals surface area contributed by atoms with Crippen LogP contribution in [0.2, 0.25) is 0 Å². The van der Waals surface area contributed by atoms with Crippen molar-refractivity contribution < 1.29 is 9.59 Å². The van der Waals surface area contributed by atoms with Crippen LogP contribution in [0.5, 0.6) is 0 Å². The minimum atomic E-state index is -0.289. The molecule has 5 rings (SSSR count). The van der Waals surface area contributed by atoms with E-state index in [0.29, 0.717) is 11.3 Å². The summed E-state index contributed by atoms with van der Waals surface area (Å²) >= 11 is 3.36. The van der Waals surface area contributed by atoms with Crippen LogP contribution in [0.4, 0.5) is 0 Å². The zero-order chi connectivity index (χ0) is 19.0. The van der Waals surface area contributed by atoms with Gasteiger partial charge >= 0.3 is 0 Å². The van der Waals surface area contributed by atoms with Crippen LogP contribution >= 0.6 is 15.9 Å². The number of halogens is 1. The number of hydrazone groups is 1. The zero-order valence-corrected chi connectivity index (χ0v) is 17.2. The summed E-state index contributed by atoms with van der Waals surface area (Å²) in [4.78, 5) is 24.8. The number of nitrogens with one attached hydrogen (secondary N) is 2. The fourth-order valence-corrected chi connectivity index (χ4v) is 6.19. The molecule has 4 fully saturated rings. The van der Waals surface area contributed by atoms with E-state index in [1.807, 2.05) is 12.1 Å². The monoisotopic (exact) mass is 431 g/mol. The van der Waals surface area contributed by atoms with Crippen molar-refractivity contribution >= 4 is 33.5 Å². The fraction of sp³-hybridized carbons (Fsp3) is 0.571. The first kappa shape index (κ1) is 18.7. The van der Waals surface area contributed by atoms with Crippen LogP contribution in [0, 0.1) is 17.8 Å². The third kappa shape index (κ3) is 4.10. The summed E-state index contributed by atoms with van der Waals surface area (Å²) in [6.07, 6.45) is 7.71. The van der Waals surface area contributed by atoms with Crippen molar-refractivity contribution in [3.8, 4) is 0 Å². The molecule has 0 unspecified atom stereocenters. The van der Waals surface area contributed by atoms with Crippen LogP contribution in [0.1, 0.15) is 62.2 Å². The first-order valence-corrected chi connectivity index (χ1v) is 10.6. The Morgan fingerprint density at radius 3 is 2.30 bits per heavy atom. The van der Waals surface area contributed by atoms with Gasteiger partial charge in [-0.05, 0) is 91.3 Å². The Morgan fingerprint density at radius 2 is 1.70 bits per heavy atom. The summed E-state index contributed by atoms with van der Waals surface area (Å²) in [6.45, 7) is 1.78. The number of carbonyl (C=O) groups is 2. The number of hydrogen-bond donors (Lipinski definition) is 2. The molecule has 144 valence electrons. The molecule has 4 bridgehead atoms. The van der Waals surface area contributed by atoms with Gasteiger partial charge in [0.25, 0.3) is 5.91 Å². The van der Waals surface area contributed by atoms with Gasteiger partial charge in [0.2, 0.25) is 5.91 Å². The van der Waals surface area contributed by atoms with Crippen molar-refractivity contribution in [2.75, 3.05) is 0 Å². The summed E-state index contributed by atoms with van der Waals surface area (Å²) in [5.41, 5.74) is 3.69. The summed E-state index contributed by atoms with van der Waals surface area (Å²) in [5.74, 6) is 2.14. The molecule has 0 aliphatic heterocycles. The highest BCUT2D eigenvalue weighted by molar-refractivity contribution is 9.10. The van der Waals surface area contributed by atoms with Gasteiger partial charge in [-0.1, -0.05) is 12.1 Å². The molecule has 1 aromatic carbocycles. The van der Waals surface area contributed by atoms with E-state index in [-0.39, 0.29) is 23.8 Å². The Bertz CT molecular complexity index is 754. The Balaban J connectivity index is 1.32. The number of nitrogens with zero attached hydrogens (tertiary/aromatic N) is 1. The van der Waals surface area contributed by atoms with Crippen molar-refractivity contribution in [1.82, 2.24) is 10.7 Å². The second-order valence-corrected chi connectivity index (χ2v) is 9.55. The molecule has 6 heteroatoms. The second kappa shape index (κ2) is 7.38. The zero-order valence-electron chi connectivity index (χ0n) is 15.6. The molecule has 0 aromatic heterocycles. The van der Waals surface area contributed by atoms with Gasteiger partial charge in [-0.2, -0.15) is 5.10 Å². The number of rotatable bonds is 5. The molecular formula is C21H26BrN3O2. The van der Waals surface area contributed by atoms with Crippen molar-refractivity contribution in [2.45, 2.75) is 57.4 Å². The number of amides is 2. The average molecular weight is 432 g/mol. The van der Waals surface area contributed by atoms with Crippen molar-refractivity contribution in [3.63, 3.8) is 0 Å². The van der Waals surface area contributed by atoms with Crippen LogP contribution in [-0.2, 0) is 4.79 Å². The van der Waals surface area contributed by atoms with Crippen molar-refractivity contribution in [2.24, 2.45) is 22.9 Å². The van der Waals surface area contributed by atoms with E-state index in [2.05, 4.69) is 31.8 Å². The maximum absolute atomic E-state index is 12.6. The first-order chi connectivity index (χ1) is 12.9. The quantitative estimate of drug-likeness (QED) is 0.545. The second-order valence-electron chi connectivity index (χ2n) is 8.69. The molecule has 0 radical (unpaired) electrons. The third-order valence-corrected chi connectivity index (χ3v) is 7.02. The molecule has 0 saturated heterocycles. The molecule has 2 N–H and O–H groups in total. The maximum atomic E-state index is 12.6. The van der Waals surface area contributed by atoms with E-state index in [4.69, 9.17) is 0 Å². The van der Waals surface area contributed by atoms with Gasteiger partial charge in [0.15, 0.2) is 0 Å². The van der Waals surface area contributed by atoms with Gasteiger partial charge in [-0.25, -0.2) is 5.43 Å². The van der Waals surface area contributed by atoms with Crippen molar-refractivity contribution in [1.29, 1.82) is 0 Å². The maximum Gasteiger partial charge on any atom is 0.272 e. The number of carbonyl (C=O) groups excluding carboxylic acids is 2. The molecular weight excluding hydrogens is 406 g/mol. The van der Waals surface area contributed by atoms with Crippen LogP contribution < -0.4 is 10.7 Å². The normalized spacial score (nSPS) is 31.6. The minimum Gasteiger partial charge on any atom is -0.350 e. The predicted octanol–water partition coefficient (Wildman–Crippen LogP) is 4.03. The van der Waals surface area contributed by atoms with Gasteiger partial charge in [0.1, 0.15) is 0 Å². The first-order valence-electron chi connectivity index (χ1n) is 9.81. The predicted molar refractivity (Wildman–Crippen MR) is 108 cm³/mol. The highest BCUT2D eigenvalue weighted by atomic mass is 79.9. The van der Waals surface area contributed by atoms with Gasteiger partial charge in [0.05, 0.1) is 12.0 Å². The van der Waals surface area contributed by atoms with Crippen molar-refractivity contribution in [3.05, 3.63) is 34.3 Å². The van der Waals surface area contributed by atoms with E-state index in [9.17, 15) is 9.59 Å². The lowest BCUT2D eigenvalue weighted by molar-refractivity contribution is -0.125. The molecule has 4 aliphatic carbocycles. The average Bonchev–Trinajstić information content (AvgIpc) is 2.58. The van der Waals surface area contributed by atoms with E-state index >= 15 is 0 Å². The van der Waals surface area contributed by atoms with E-state index in [1.54, 1.807) is 19.1 Å². The molecule has 4 saturated carbocycles. The molecule has 0 heterocycles. The smallest absolute Gasteiger partial charge is 0.272 e. The Labute approximate surface area is 168 Å². The Hall–Kier alpha value is -1.69. The van der Waals surface area contributed by atoms with E-state index < -0.39 is 0 Å². The third-order valence-electron chi connectivity index (χ3n) is 6.33. The Morgan fingerprint density at radius 1 is 1.11 bits per heavy atom. The molecule has 27 heavy (non-hydrogen) atoms. The van der Waals surface area contributed by atoms with E-state index in [0.717, 1.165) is 41.5 Å². The molecule has 2 amide bonds. The molecule has 0 spiro atoms.